The van der Waals surface area contributed by atoms with Crippen molar-refractivity contribution in [2.24, 2.45) is 0 Å². The van der Waals surface area contributed by atoms with Crippen LogP contribution in [-0.2, 0) is 17.9 Å². The number of carbonyl (C=O) groups is 1. The van der Waals surface area contributed by atoms with Gasteiger partial charge in [0.05, 0.1) is 0 Å². The van der Waals surface area contributed by atoms with Gasteiger partial charge in [0.25, 0.3) is 5.01 Å². The van der Waals surface area contributed by atoms with Gasteiger partial charge in [-0.15, -0.1) is 0 Å². The molecule has 1 aromatic heterocycles. The molecule has 2 heterocycles. The number of aromatic nitrogens is 1. The number of thiazole rings is 1. The second kappa shape index (κ2) is 9.31. The van der Waals surface area contributed by atoms with Crippen molar-refractivity contribution in [3.8, 4) is 0 Å². The zero-order chi connectivity index (χ0) is 23.8. The molecule has 0 spiro atoms. The molecule has 2 atom stereocenters. The zero-order valence-electron chi connectivity index (χ0n) is 19.6. The van der Waals surface area contributed by atoms with Crippen molar-refractivity contribution in [2.75, 3.05) is 4.90 Å². The number of anilines is 1. The molecule has 4 nitrogen and oxygen atoms in total. The van der Waals surface area contributed by atoms with Crippen molar-refractivity contribution in [2.45, 2.75) is 50.7 Å². The Morgan fingerprint density at radius 1 is 1.00 bits per heavy atom. The molecule has 0 amide bonds. The average molecular weight is 482 g/mol. The van der Waals surface area contributed by atoms with Crippen molar-refractivity contribution >= 4 is 45.4 Å². The van der Waals surface area contributed by atoms with Crippen LogP contribution < -0.4 is 9.47 Å². The van der Waals surface area contributed by atoms with E-state index in [-0.39, 0.29) is 6.54 Å². The first-order valence-electron chi connectivity index (χ1n) is 12.4. The zero-order valence-corrected chi connectivity index (χ0v) is 20.5. The van der Waals surface area contributed by atoms with Crippen LogP contribution in [-0.4, -0.2) is 17.1 Å². The van der Waals surface area contributed by atoms with Crippen LogP contribution in [0.2, 0.25) is 0 Å². The monoisotopic (exact) mass is 481 g/mol. The Hall–Kier alpha value is -3.44. The van der Waals surface area contributed by atoms with Crippen LogP contribution in [0.5, 0.6) is 0 Å². The molecule has 3 aromatic carbocycles. The fraction of sp³-hybridized carbons (Fsp3) is 0.267. The van der Waals surface area contributed by atoms with Gasteiger partial charge in [0.2, 0.25) is 12.1 Å². The van der Waals surface area contributed by atoms with E-state index in [2.05, 4.69) is 71.6 Å². The van der Waals surface area contributed by atoms with E-state index in [1.54, 1.807) is 11.3 Å². The number of hydrogen-bond donors (Lipinski definition) is 1. The lowest BCUT2D eigenvalue weighted by Gasteiger charge is -2.33. The summed E-state index contributed by atoms with van der Waals surface area (Å²) in [4.78, 5) is 14.1. The molecule has 1 aliphatic carbocycles. The number of carboxylic acids is 1. The Morgan fingerprint density at radius 2 is 1.80 bits per heavy atom. The second-order valence-electron chi connectivity index (χ2n) is 9.61. The highest BCUT2D eigenvalue weighted by atomic mass is 32.1. The SMILES string of the molecule is O=C(O)C[n+]1c(/C=C/c2ccc3c(c2)C2CCCCC2N3Cc2ccccc2)sc2ccccc21. The van der Waals surface area contributed by atoms with Crippen molar-refractivity contribution in [3.05, 3.63) is 94.5 Å². The molecular formula is C30H29N2O2S+. The van der Waals surface area contributed by atoms with Crippen LogP contribution in [0.25, 0.3) is 22.4 Å². The summed E-state index contributed by atoms with van der Waals surface area (Å²) in [5.41, 5.74) is 6.36. The van der Waals surface area contributed by atoms with E-state index in [4.69, 9.17) is 0 Å². The number of aliphatic carboxylic acids is 1. The normalized spacial score (nSPS) is 19.3. The predicted molar refractivity (Wildman–Crippen MR) is 143 cm³/mol. The third-order valence-electron chi connectivity index (χ3n) is 7.43. The fourth-order valence-electron chi connectivity index (χ4n) is 5.89. The molecular weight excluding hydrogens is 452 g/mol. The van der Waals surface area contributed by atoms with E-state index < -0.39 is 5.97 Å². The summed E-state index contributed by atoms with van der Waals surface area (Å²) in [7, 11) is 0. The summed E-state index contributed by atoms with van der Waals surface area (Å²) in [5.74, 6) is -0.232. The molecule has 0 bridgehead atoms. The van der Waals surface area contributed by atoms with E-state index in [0.717, 1.165) is 21.8 Å². The lowest BCUT2D eigenvalue weighted by atomic mass is 9.82. The Bertz CT molecular complexity index is 1410. The van der Waals surface area contributed by atoms with Gasteiger partial charge < -0.3 is 10.0 Å². The maximum Gasteiger partial charge on any atom is 0.370 e. The largest absolute Gasteiger partial charge is 0.477 e. The average Bonchev–Trinajstić information content (AvgIpc) is 3.38. The van der Waals surface area contributed by atoms with Gasteiger partial charge in [-0.05, 0) is 53.8 Å². The van der Waals surface area contributed by atoms with E-state index in [9.17, 15) is 9.90 Å². The minimum absolute atomic E-state index is 0.0356. The first kappa shape index (κ1) is 22.1. The maximum absolute atomic E-state index is 11.5. The predicted octanol–water partition coefficient (Wildman–Crippen LogP) is 6.49. The van der Waals surface area contributed by atoms with Crippen LogP contribution in [0, 0.1) is 0 Å². The summed E-state index contributed by atoms with van der Waals surface area (Å²) in [6.45, 7) is 0.924. The van der Waals surface area contributed by atoms with E-state index in [1.165, 1.54) is 48.1 Å². The summed E-state index contributed by atoms with van der Waals surface area (Å²) < 4.78 is 2.99. The molecule has 5 heteroatoms. The molecule has 2 aliphatic rings. The highest BCUT2D eigenvalue weighted by Gasteiger charge is 2.39. The number of nitrogens with zero attached hydrogens (tertiary/aromatic N) is 2. The highest BCUT2D eigenvalue weighted by Crippen LogP contribution is 2.48. The molecule has 0 radical (unpaired) electrons. The Labute approximate surface area is 209 Å². The smallest absolute Gasteiger partial charge is 0.370 e. The highest BCUT2D eigenvalue weighted by molar-refractivity contribution is 7.18. The molecule has 1 N–H and O–H groups in total. The van der Waals surface area contributed by atoms with Crippen molar-refractivity contribution in [1.29, 1.82) is 0 Å². The summed E-state index contributed by atoms with van der Waals surface area (Å²) in [5, 5.41) is 10.4. The van der Waals surface area contributed by atoms with Crippen LogP contribution in [0.1, 0.15) is 53.3 Å². The molecule has 4 aromatic rings. The molecule has 176 valence electrons. The number of carboxylic acid groups (broad SMARTS) is 1. The lowest BCUT2D eigenvalue weighted by Crippen LogP contribution is -2.39. The molecule has 1 aliphatic heterocycles. The van der Waals surface area contributed by atoms with Crippen LogP contribution in [0.15, 0.2) is 72.8 Å². The number of hydrogen-bond acceptors (Lipinski definition) is 3. The van der Waals surface area contributed by atoms with Gasteiger partial charge in [-0.2, -0.15) is 4.57 Å². The second-order valence-corrected chi connectivity index (χ2v) is 10.7. The van der Waals surface area contributed by atoms with Gasteiger partial charge in [-0.25, -0.2) is 4.79 Å². The van der Waals surface area contributed by atoms with Gasteiger partial charge in [-0.1, -0.05) is 72.7 Å². The number of benzene rings is 3. The minimum Gasteiger partial charge on any atom is -0.477 e. The van der Waals surface area contributed by atoms with Gasteiger partial charge in [0.1, 0.15) is 4.70 Å². The number of rotatable bonds is 6. The van der Waals surface area contributed by atoms with Crippen LogP contribution >= 0.6 is 11.3 Å². The molecule has 1 fully saturated rings. The molecule has 35 heavy (non-hydrogen) atoms. The van der Waals surface area contributed by atoms with Crippen molar-refractivity contribution in [3.63, 3.8) is 0 Å². The Balaban J connectivity index is 1.33. The standard InChI is InChI=1S/C30H28N2O2S/c33-30(34)20-32-27-12-6-7-13-28(27)35-29(32)17-15-21-14-16-26-24(18-21)23-10-4-5-11-25(23)31(26)19-22-8-2-1-3-9-22/h1-3,6-9,12-18,23,25H,4-5,10-11,19-20H2/p+1. The van der Waals surface area contributed by atoms with Gasteiger partial charge in [-0.3, -0.25) is 0 Å². The number of para-hydroxylation sites is 1. The molecule has 1 saturated carbocycles. The van der Waals surface area contributed by atoms with E-state index >= 15 is 0 Å². The molecule has 0 saturated heterocycles. The third-order valence-corrected chi connectivity index (χ3v) is 8.57. The summed E-state index contributed by atoms with van der Waals surface area (Å²) in [6.07, 6.45) is 9.34. The van der Waals surface area contributed by atoms with Crippen LogP contribution in [0.4, 0.5) is 5.69 Å². The fourth-order valence-corrected chi connectivity index (χ4v) is 6.95. The number of fused-ring (bicyclic) bond motifs is 4. The Morgan fingerprint density at radius 3 is 2.66 bits per heavy atom. The van der Waals surface area contributed by atoms with Gasteiger partial charge in [0.15, 0.2) is 0 Å². The van der Waals surface area contributed by atoms with Gasteiger partial charge in [0, 0.05) is 36.3 Å². The minimum atomic E-state index is -0.826. The van der Waals surface area contributed by atoms with Gasteiger partial charge >= 0.3 is 5.97 Å². The maximum atomic E-state index is 11.5. The molecule has 6 rings (SSSR count). The lowest BCUT2D eigenvalue weighted by molar-refractivity contribution is -0.657. The first-order valence-corrected chi connectivity index (χ1v) is 13.2. The first-order chi connectivity index (χ1) is 17.2. The quantitative estimate of drug-likeness (QED) is 0.320. The van der Waals surface area contributed by atoms with E-state index in [0.29, 0.717) is 12.0 Å². The molecule has 2 unspecified atom stereocenters. The Kier molecular flexibility index (Phi) is 5.86. The summed E-state index contributed by atoms with van der Waals surface area (Å²) in [6, 6.07) is 26.3. The summed E-state index contributed by atoms with van der Waals surface area (Å²) >= 11 is 1.64. The third kappa shape index (κ3) is 4.25. The van der Waals surface area contributed by atoms with E-state index in [1.807, 2.05) is 22.8 Å². The van der Waals surface area contributed by atoms with Crippen molar-refractivity contribution in [1.82, 2.24) is 0 Å². The van der Waals surface area contributed by atoms with Crippen molar-refractivity contribution < 1.29 is 14.5 Å². The van der Waals surface area contributed by atoms with Crippen LogP contribution in [0.3, 0.4) is 0 Å². The topological polar surface area (TPSA) is 44.4 Å².